The standard InChI is InChI=1S/C20H24N2O2/c1-14-4-5-15(2)20(10-14)24-13-19(23)12-22-16(3)18-8-6-17(11-21)7-9-18/h4-10,16,19,22-23H,12-13H2,1-3H3. The van der Waals surface area contributed by atoms with Gasteiger partial charge in [0.05, 0.1) is 11.6 Å². The number of nitrogens with one attached hydrogen (secondary N) is 1. The summed E-state index contributed by atoms with van der Waals surface area (Å²) in [5, 5.41) is 22.2. The van der Waals surface area contributed by atoms with Gasteiger partial charge in [-0.2, -0.15) is 5.26 Å². The summed E-state index contributed by atoms with van der Waals surface area (Å²) in [6, 6.07) is 15.7. The van der Waals surface area contributed by atoms with E-state index in [4.69, 9.17) is 10.00 Å². The van der Waals surface area contributed by atoms with Gasteiger partial charge < -0.3 is 15.2 Å². The van der Waals surface area contributed by atoms with Gasteiger partial charge in [-0.05, 0) is 55.7 Å². The van der Waals surface area contributed by atoms with Crippen LogP contribution in [0.1, 0.15) is 35.2 Å². The molecule has 2 aromatic rings. The molecule has 0 amide bonds. The molecule has 4 nitrogen and oxygen atoms in total. The molecule has 0 saturated carbocycles. The van der Waals surface area contributed by atoms with Gasteiger partial charge in [-0.25, -0.2) is 0 Å². The number of aliphatic hydroxyl groups is 1. The molecule has 0 aliphatic heterocycles. The highest BCUT2D eigenvalue weighted by atomic mass is 16.5. The summed E-state index contributed by atoms with van der Waals surface area (Å²) in [7, 11) is 0. The van der Waals surface area contributed by atoms with E-state index < -0.39 is 6.10 Å². The van der Waals surface area contributed by atoms with E-state index in [9.17, 15) is 5.11 Å². The number of hydrogen-bond acceptors (Lipinski definition) is 4. The number of aryl methyl sites for hydroxylation is 2. The Kier molecular flexibility index (Phi) is 6.36. The Hall–Kier alpha value is -2.35. The van der Waals surface area contributed by atoms with Gasteiger partial charge in [0.15, 0.2) is 0 Å². The molecule has 0 fully saturated rings. The van der Waals surface area contributed by atoms with Crippen molar-refractivity contribution in [3.63, 3.8) is 0 Å². The second-order valence-electron chi connectivity index (χ2n) is 6.10. The van der Waals surface area contributed by atoms with Gasteiger partial charge in [-0.15, -0.1) is 0 Å². The molecule has 0 bridgehead atoms. The zero-order chi connectivity index (χ0) is 17.5. The van der Waals surface area contributed by atoms with Crippen molar-refractivity contribution in [3.05, 3.63) is 64.7 Å². The first-order chi connectivity index (χ1) is 11.5. The molecule has 2 N–H and O–H groups in total. The Balaban J connectivity index is 1.80. The van der Waals surface area contributed by atoms with E-state index in [-0.39, 0.29) is 12.6 Å². The van der Waals surface area contributed by atoms with Crippen molar-refractivity contribution in [2.45, 2.75) is 32.9 Å². The summed E-state index contributed by atoms with van der Waals surface area (Å²) in [5.41, 5.74) is 3.92. The van der Waals surface area contributed by atoms with Crippen molar-refractivity contribution in [2.75, 3.05) is 13.2 Å². The maximum atomic E-state index is 10.1. The van der Waals surface area contributed by atoms with Crippen LogP contribution in [0.25, 0.3) is 0 Å². The summed E-state index contributed by atoms with van der Waals surface area (Å²) >= 11 is 0. The third-order valence-electron chi connectivity index (χ3n) is 3.97. The summed E-state index contributed by atoms with van der Waals surface area (Å²) in [6.07, 6.45) is -0.592. The van der Waals surface area contributed by atoms with E-state index in [1.165, 1.54) is 0 Å². The largest absolute Gasteiger partial charge is 0.491 e. The van der Waals surface area contributed by atoms with Crippen LogP contribution < -0.4 is 10.1 Å². The maximum absolute atomic E-state index is 10.1. The number of hydrogen-bond donors (Lipinski definition) is 2. The van der Waals surface area contributed by atoms with Gasteiger partial charge in [-0.1, -0.05) is 24.3 Å². The molecule has 2 rings (SSSR count). The third kappa shape index (κ3) is 5.09. The monoisotopic (exact) mass is 324 g/mol. The molecule has 0 aliphatic rings. The molecule has 24 heavy (non-hydrogen) atoms. The molecule has 2 atom stereocenters. The molecule has 0 aliphatic carbocycles. The fourth-order valence-electron chi connectivity index (χ4n) is 2.38. The molecular weight excluding hydrogens is 300 g/mol. The summed E-state index contributed by atoms with van der Waals surface area (Å²) < 4.78 is 5.72. The third-order valence-corrected chi connectivity index (χ3v) is 3.97. The summed E-state index contributed by atoms with van der Waals surface area (Å²) in [4.78, 5) is 0. The van der Waals surface area contributed by atoms with Crippen LogP contribution in [0.3, 0.4) is 0 Å². The van der Waals surface area contributed by atoms with Gasteiger partial charge in [-0.3, -0.25) is 0 Å². The van der Waals surface area contributed by atoms with E-state index in [1.807, 2.05) is 51.1 Å². The lowest BCUT2D eigenvalue weighted by Gasteiger charge is -2.18. The predicted molar refractivity (Wildman–Crippen MR) is 95.0 cm³/mol. The van der Waals surface area contributed by atoms with Crippen LogP contribution in [0.15, 0.2) is 42.5 Å². The highest BCUT2D eigenvalue weighted by Gasteiger charge is 2.10. The lowest BCUT2D eigenvalue weighted by atomic mass is 10.1. The lowest BCUT2D eigenvalue weighted by molar-refractivity contribution is 0.104. The minimum absolute atomic E-state index is 0.0908. The molecule has 0 radical (unpaired) electrons. The molecule has 0 aromatic heterocycles. The van der Waals surface area contributed by atoms with Crippen molar-refractivity contribution >= 4 is 0 Å². The molecule has 2 unspecified atom stereocenters. The minimum atomic E-state index is -0.592. The molecule has 2 aromatic carbocycles. The van der Waals surface area contributed by atoms with Crippen LogP contribution in [0, 0.1) is 25.2 Å². The SMILES string of the molecule is Cc1ccc(C)c(OCC(O)CNC(C)c2ccc(C#N)cc2)c1. The number of benzene rings is 2. The average Bonchev–Trinajstić information content (AvgIpc) is 2.60. The number of aliphatic hydroxyl groups excluding tert-OH is 1. The Bertz CT molecular complexity index is 705. The van der Waals surface area contributed by atoms with Crippen molar-refractivity contribution in [1.29, 1.82) is 5.26 Å². The molecule has 0 heterocycles. The van der Waals surface area contributed by atoms with Crippen LogP contribution in [-0.4, -0.2) is 24.4 Å². The van der Waals surface area contributed by atoms with Gasteiger partial charge >= 0.3 is 0 Å². The smallest absolute Gasteiger partial charge is 0.122 e. The van der Waals surface area contributed by atoms with Crippen LogP contribution in [0.5, 0.6) is 5.75 Å². The Morgan fingerprint density at radius 3 is 2.54 bits per heavy atom. The predicted octanol–water partition coefficient (Wildman–Crippen LogP) is 3.27. The molecule has 4 heteroatoms. The fraction of sp³-hybridized carbons (Fsp3) is 0.350. The number of ether oxygens (including phenoxy) is 1. The van der Waals surface area contributed by atoms with Crippen molar-refractivity contribution in [1.82, 2.24) is 5.32 Å². The second kappa shape index (κ2) is 8.49. The highest BCUT2D eigenvalue weighted by Crippen LogP contribution is 2.19. The van der Waals surface area contributed by atoms with Crippen LogP contribution in [0.4, 0.5) is 0 Å². The van der Waals surface area contributed by atoms with Crippen molar-refractivity contribution in [3.8, 4) is 11.8 Å². The summed E-state index contributed by atoms with van der Waals surface area (Å²) in [6.45, 7) is 6.72. The van der Waals surface area contributed by atoms with E-state index in [2.05, 4.69) is 11.4 Å². The number of nitrogens with zero attached hydrogens (tertiary/aromatic N) is 1. The number of nitriles is 1. The topological polar surface area (TPSA) is 65.3 Å². The van der Waals surface area contributed by atoms with E-state index >= 15 is 0 Å². The highest BCUT2D eigenvalue weighted by molar-refractivity contribution is 5.36. The quantitative estimate of drug-likeness (QED) is 0.820. The van der Waals surface area contributed by atoms with Crippen LogP contribution in [-0.2, 0) is 0 Å². The first-order valence-corrected chi connectivity index (χ1v) is 8.11. The first kappa shape index (κ1) is 18.0. The second-order valence-corrected chi connectivity index (χ2v) is 6.10. The summed E-state index contributed by atoms with van der Waals surface area (Å²) in [5.74, 6) is 0.814. The van der Waals surface area contributed by atoms with Gasteiger partial charge in [0.25, 0.3) is 0 Å². The van der Waals surface area contributed by atoms with E-state index in [1.54, 1.807) is 12.1 Å². The van der Waals surface area contributed by atoms with Gasteiger partial charge in [0, 0.05) is 12.6 Å². The molecule has 126 valence electrons. The van der Waals surface area contributed by atoms with Crippen molar-refractivity contribution in [2.24, 2.45) is 0 Å². The Morgan fingerprint density at radius 2 is 1.88 bits per heavy atom. The zero-order valence-corrected chi connectivity index (χ0v) is 14.4. The number of rotatable bonds is 7. The molecule has 0 saturated heterocycles. The molecular formula is C20H24N2O2. The van der Waals surface area contributed by atoms with E-state index in [0.29, 0.717) is 12.1 Å². The fourth-order valence-corrected chi connectivity index (χ4v) is 2.38. The average molecular weight is 324 g/mol. The van der Waals surface area contributed by atoms with E-state index in [0.717, 1.165) is 22.4 Å². The lowest BCUT2D eigenvalue weighted by Crippen LogP contribution is -2.33. The Morgan fingerprint density at radius 1 is 1.17 bits per heavy atom. The molecule has 0 spiro atoms. The Labute approximate surface area is 143 Å². The van der Waals surface area contributed by atoms with Crippen molar-refractivity contribution < 1.29 is 9.84 Å². The first-order valence-electron chi connectivity index (χ1n) is 8.11. The van der Waals surface area contributed by atoms with Crippen LogP contribution in [0.2, 0.25) is 0 Å². The van der Waals surface area contributed by atoms with Gasteiger partial charge in [0.1, 0.15) is 18.5 Å². The normalized spacial score (nSPS) is 13.1. The zero-order valence-electron chi connectivity index (χ0n) is 14.4. The minimum Gasteiger partial charge on any atom is -0.491 e. The maximum Gasteiger partial charge on any atom is 0.122 e. The van der Waals surface area contributed by atoms with Crippen LogP contribution >= 0.6 is 0 Å². The van der Waals surface area contributed by atoms with Gasteiger partial charge in [0.2, 0.25) is 0 Å².